The first-order chi connectivity index (χ1) is 7.24. The summed E-state index contributed by atoms with van der Waals surface area (Å²) in [6, 6.07) is 0.763. The van der Waals surface area contributed by atoms with Crippen LogP contribution in [-0.4, -0.2) is 37.1 Å². The van der Waals surface area contributed by atoms with Gasteiger partial charge in [0.1, 0.15) is 0 Å². The van der Waals surface area contributed by atoms with Crippen molar-refractivity contribution in [3.63, 3.8) is 0 Å². The Labute approximate surface area is 94.4 Å². The summed E-state index contributed by atoms with van der Waals surface area (Å²) in [5.74, 6) is 1.85. The van der Waals surface area contributed by atoms with Crippen molar-refractivity contribution in [2.24, 2.45) is 11.8 Å². The van der Waals surface area contributed by atoms with Crippen LogP contribution in [0.5, 0.6) is 0 Å². The second-order valence-corrected chi connectivity index (χ2v) is 5.79. The Balaban J connectivity index is 1.75. The molecule has 3 atom stereocenters. The molecule has 2 rings (SSSR count). The van der Waals surface area contributed by atoms with Gasteiger partial charge in [-0.1, -0.05) is 13.8 Å². The topological polar surface area (TPSA) is 15.3 Å². The molecule has 0 amide bonds. The highest BCUT2D eigenvalue weighted by Crippen LogP contribution is 2.19. The van der Waals surface area contributed by atoms with Crippen molar-refractivity contribution in [3.05, 3.63) is 0 Å². The van der Waals surface area contributed by atoms with Gasteiger partial charge in [-0.25, -0.2) is 0 Å². The first-order valence-electron chi connectivity index (χ1n) is 6.70. The van der Waals surface area contributed by atoms with Crippen molar-refractivity contribution >= 4 is 0 Å². The van der Waals surface area contributed by atoms with Crippen LogP contribution in [0.25, 0.3) is 0 Å². The lowest BCUT2D eigenvalue weighted by molar-refractivity contribution is 0.151. The molecule has 1 N–H and O–H groups in total. The van der Waals surface area contributed by atoms with Crippen molar-refractivity contribution in [3.8, 4) is 0 Å². The van der Waals surface area contributed by atoms with E-state index in [-0.39, 0.29) is 0 Å². The molecule has 2 aliphatic heterocycles. The van der Waals surface area contributed by atoms with Gasteiger partial charge in [-0.2, -0.15) is 0 Å². The zero-order valence-corrected chi connectivity index (χ0v) is 10.3. The largest absolute Gasteiger partial charge is 0.313 e. The number of hydrogen-bond donors (Lipinski definition) is 1. The minimum atomic E-state index is 0.763. The molecule has 0 spiro atoms. The molecular formula is C13H26N2. The lowest BCUT2D eigenvalue weighted by Gasteiger charge is -2.36. The van der Waals surface area contributed by atoms with Crippen molar-refractivity contribution in [2.45, 2.75) is 45.6 Å². The fourth-order valence-corrected chi connectivity index (χ4v) is 3.12. The molecule has 0 radical (unpaired) electrons. The number of nitrogens with one attached hydrogen (secondary N) is 1. The summed E-state index contributed by atoms with van der Waals surface area (Å²) in [6.07, 6.45) is 5.59. The molecule has 2 heterocycles. The first kappa shape index (κ1) is 11.4. The quantitative estimate of drug-likeness (QED) is 0.751. The standard InChI is InChI=1S/C13H26N2/c1-11-5-6-14-13(8-11)10-15-7-3-4-12(2)9-15/h11-14H,3-10H2,1-2H3. The van der Waals surface area contributed by atoms with E-state index < -0.39 is 0 Å². The maximum absolute atomic E-state index is 3.67. The predicted molar refractivity (Wildman–Crippen MR) is 65.0 cm³/mol. The van der Waals surface area contributed by atoms with Gasteiger partial charge >= 0.3 is 0 Å². The van der Waals surface area contributed by atoms with Crippen LogP contribution in [0.3, 0.4) is 0 Å². The molecule has 0 aromatic rings. The number of nitrogens with zero attached hydrogens (tertiary/aromatic N) is 1. The molecule has 2 saturated heterocycles. The Morgan fingerprint density at radius 2 is 2.07 bits per heavy atom. The van der Waals surface area contributed by atoms with Gasteiger partial charge in [-0.15, -0.1) is 0 Å². The molecule has 2 aliphatic rings. The maximum atomic E-state index is 3.67. The fraction of sp³-hybridized carbons (Fsp3) is 1.00. The Morgan fingerprint density at radius 3 is 2.80 bits per heavy atom. The van der Waals surface area contributed by atoms with Crippen LogP contribution in [0.4, 0.5) is 0 Å². The first-order valence-corrected chi connectivity index (χ1v) is 6.70. The van der Waals surface area contributed by atoms with Crippen LogP contribution in [0.15, 0.2) is 0 Å². The summed E-state index contributed by atoms with van der Waals surface area (Å²) in [5.41, 5.74) is 0. The molecule has 15 heavy (non-hydrogen) atoms. The predicted octanol–water partition coefficient (Wildman–Crippen LogP) is 2.11. The van der Waals surface area contributed by atoms with Gasteiger partial charge in [0, 0.05) is 19.1 Å². The Kier molecular flexibility index (Phi) is 4.04. The highest BCUT2D eigenvalue weighted by molar-refractivity contribution is 4.81. The summed E-state index contributed by atoms with van der Waals surface area (Å²) < 4.78 is 0. The highest BCUT2D eigenvalue weighted by atomic mass is 15.2. The van der Waals surface area contributed by atoms with E-state index in [9.17, 15) is 0 Å². The fourth-order valence-electron chi connectivity index (χ4n) is 3.12. The average molecular weight is 210 g/mol. The minimum absolute atomic E-state index is 0.763. The van der Waals surface area contributed by atoms with Gasteiger partial charge in [-0.3, -0.25) is 0 Å². The van der Waals surface area contributed by atoms with Crippen molar-refractivity contribution < 1.29 is 0 Å². The van der Waals surface area contributed by atoms with Gasteiger partial charge in [0.05, 0.1) is 0 Å². The maximum Gasteiger partial charge on any atom is 0.0197 e. The Hall–Kier alpha value is -0.0800. The lowest BCUT2D eigenvalue weighted by atomic mass is 9.93. The average Bonchev–Trinajstić information content (AvgIpc) is 2.17. The van der Waals surface area contributed by atoms with E-state index in [1.54, 1.807) is 0 Å². The molecule has 3 unspecified atom stereocenters. The van der Waals surface area contributed by atoms with Crippen LogP contribution in [0, 0.1) is 11.8 Å². The molecule has 0 saturated carbocycles. The molecule has 0 aliphatic carbocycles. The normalized spacial score (nSPS) is 39.2. The molecule has 0 aromatic carbocycles. The van der Waals surface area contributed by atoms with Gasteiger partial charge in [0.15, 0.2) is 0 Å². The number of rotatable bonds is 2. The van der Waals surface area contributed by atoms with Gasteiger partial charge < -0.3 is 10.2 Å². The molecule has 2 nitrogen and oxygen atoms in total. The zero-order chi connectivity index (χ0) is 10.7. The zero-order valence-electron chi connectivity index (χ0n) is 10.3. The van der Waals surface area contributed by atoms with E-state index in [1.807, 2.05) is 0 Å². The molecular weight excluding hydrogens is 184 g/mol. The number of piperidine rings is 2. The SMILES string of the molecule is CC1CCNC(CN2CCCC(C)C2)C1. The van der Waals surface area contributed by atoms with E-state index >= 15 is 0 Å². The van der Waals surface area contributed by atoms with Crippen molar-refractivity contribution in [1.82, 2.24) is 10.2 Å². The molecule has 0 bridgehead atoms. The van der Waals surface area contributed by atoms with E-state index in [2.05, 4.69) is 24.1 Å². The molecule has 88 valence electrons. The summed E-state index contributed by atoms with van der Waals surface area (Å²) in [5, 5.41) is 3.67. The number of likely N-dealkylation sites (tertiary alicyclic amines) is 1. The lowest BCUT2D eigenvalue weighted by Crippen LogP contribution is -2.47. The summed E-state index contributed by atoms with van der Waals surface area (Å²) in [7, 11) is 0. The van der Waals surface area contributed by atoms with Crippen LogP contribution in [-0.2, 0) is 0 Å². The third-order valence-electron chi connectivity index (χ3n) is 3.98. The third kappa shape index (κ3) is 3.46. The van der Waals surface area contributed by atoms with Crippen molar-refractivity contribution in [1.29, 1.82) is 0 Å². The second kappa shape index (κ2) is 5.31. The summed E-state index contributed by atoms with van der Waals surface area (Å²) in [4.78, 5) is 2.67. The van der Waals surface area contributed by atoms with Crippen LogP contribution >= 0.6 is 0 Å². The summed E-state index contributed by atoms with van der Waals surface area (Å²) in [6.45, 7) is 9.96. The van der Waals surface area contributed by atoms with Crippen LogP contribution < -0.4 is 5.32 Å². The van der Waals surface area contributed by atoms with E-state index in [0.717, 1.165) is 17.9 Å². The smallest absolute Gasteiger partial charge is 0.0197 e. The minimum Gasteiger partial charge on any atom is -0.313 e. The summed E-state index contributed by atoms with van der Waals surface area (Å²) >= 11 is 0. The van der Waals surface area contributed by atoms with Gasteiger partial charge in [-0.05, 0) is 50.6 Å². The van der Waals surface area contributed by atoms with E-state index in [0.29, 0.717) is 0 Å². The molecule has 2 fully saturated rings. The van der Waals surface area contributed by atoms with Crippen LogP contribution in [0.2, 0.25) is 0 Å². The van der Waals surface area contributed by atoms with Gasteiger partial charge in [0.25, 0.3) is 0 Å². The Morgan fingerprint density at radius 1 is 1.20 bits per heavy atom. The molecule has 0 aromatic heterocycles. The highest BCUT2D eigenvalue weighted by Gasteiger charge is 2.23. The Bertz CT molecular complexity index is 173. The monoisotopic (exact) mass is 210 g/mol. The number of hydrogen-bond acceptors (Lipinski definition) is 2. The van der Waals surface area contributed by atoms with Crippen LogP contribution in [0.1, 0.15) is 39.5 Å². The molecule has 2 heteroatoms. The van der Waals surface area contributed by atoms with E-state index in [4.69, 9.17) is 0 Å². The third-order valence-corrected chi connectivity index (χ3v) is 3.98. The van der Waals surface area contributed by atoms with E-state index in [1.165, 1.54) is 51.9 Å². The van der Waals surface area contributed by atoms with Crippen molar-refractivity contribution in [2.75, 3.05) is 26.2 Å². The second-order valence-electron chi connectivity index (χ2n) is 5.79. The van der Waals surface area contributed by atoms with Gasteiger partial charge in [0.2, 0.25) is 0 Å².